The zero-order chi connectivity index (χ0) is 26.3. The third kappa shape index (κ3) is 10.7. The van der Waals surface area contributed by atoms with Gasteiger partial charge in [0.05, 0.1) is 12.7 Å². The predicted octanol–water partition coefficient (Wildman–Crippen LogP) is 1.98. The summed E-state index contributed by atoms with van der Waals surface area (Å²) in [7, 11) is 0. The van der Waals surface area contributed by atoms with E-state index in [1.54, 1.807) is 24.3 Å². The summed E-state index contributed by atoms with van der Waals surface area (Å²) in [6.45, 7) is 6.05. The Morgan fingerprint density at radius 3 is 2.08 bits per heavy atom. The van der Waals surface area contributed by atoms with Crippen molar-refractivity contribution in [3.8, 4) is 5.75 Å². The van der Waals surface area contributed by atoms with Gasteiger partial charge in [-0.2, -0.15) is 0 Å². The molecule has 0 spiro atoms. The van der Waals surface area contributed by atoms with Crippen molar-refractivity contribution in [2.24, 2.45) is 0 Å². The SMILES string of the molecule is C1CCOCC1.CC(=O)Nc1ccc(OC2O[C@H](CO)[C@@H](O)C(O)C2O)cc1.CCC1CCCCO1. The number of aliphatic hydroxyl groups excluding tert-OH is 4. The minimum Gasteiger partial charge on any atom is -0.462 e. The molecular formula is C26H43NO9. The molecule has 36 heavy (non-hydrogen) atoms. The number of aliphatic hydroxyl groups is 4. The molecular weight excluding hydrogens is 470 g/mol. The molecule has 206 valence electrons. The molecule has 5 N–H and O–H groups in total. The molecule has 10 nitrogen and oxygen atoms in total. The molecule has 3 heterocycles. The number of benzene rings is 1. The maximum Gasteiger partial charge on any atom is 0.229 e. The van der Waals surface area contributed by atoms with Crippen LogP contribution in [-0.4, -0.2) is 89.6 Å². The van der Waals surface area contributed by atoms with E-state index in [1.165, 1.54) is 51.9 Å². The van der Waals surface area contributed by atoms with E-state index in [1.807, 2.05) is 0 Å². The van der Waals surface area contributed by atoms with E-state index in [2.05, 4.69) is 12.2 Å². The summed E-state index contributed by atoms with van der Waals surface area (Å²) in [5.41, 5.74) is 0.577. The highest BCUT2D eigenvalue weighted by molar-refractivity contribution is 5.88. The van der Waals surface area contributed by atoms with Gasteiger partial charge in [-0.1, -0.05) is 6.92 Å². The van der Waals surface area contributed by atoms with Crippen LogP contribution in [-0.2, 0) is 19.0 Å². The number of hydrogen-bond acceptors (Lipinski definition) is 9. The lowest BCUT2D eigenvalue weighted by Gasteiger charge is -2.39. The second-order valence-corrected chi connectivity index (χ2v) is 9.09. The summed E-state index contributed by atoms with van der Waals surface area (Å²) in [4.78, 5) is 10.9. The van der Waals surface area contributed by atoms with Gasteiger partial charge in [-0.25, -0.2) is 0 Å². The predicted molar refractivity (Wildman–Crippen MR) is 134 cm³/mol. The van der Waals surface area contributed by atoms with E-state index in [0.717, 1.165) is 19.8 Å². The zero-order valence-corrected chi connectivity index (χ0v) is 21.4. The first-order chi connectivity index (χ1) is 17.3. The number of anilines is 1. The molecule has 3 aliphatic heterocycles. The Hall–Kier alpha value is -1.79. The fourth-order valence-electron chi connectivity index (χ4n) is 3.94. The third-order valence-electron chi connectivity index (χ3n) is 6.08. The quantitative estimate of drug-likeness (QED) is 0.399. The van der Waals surface area contributed by atoms with Crippen LogP contribution in [0.25, 0.3) is 0 Å². The molecule has 0 aliphatic carbocycles. The molecule has 0 bridgehead atoms. The summed E-state index contributed by atoms with van der Waals surface area (Å²) in [6, 6.07) is 6.29. The van der Waals surface area contributed by atoms with Gasteiger partial charge in [0.1, 0.15) is 30.2 Å². The van der Waals surface area contributed by atoms with Gasteiger partial charge in [-0.3, -0.25) is 4.79 Å². The first kappa shape index (κ1) is 30.4. The largest absolute Gasteiger partial charge is 0.462 e. The Bertz CT molecular complexity index is 709. The number of amides is 1. The minimum atomic E-state index is -1.49. The maximum absolute atomic E-state index is 10.9. The molecule has 4 unspecified atom stereocenters. The molecule has 1 aromatic rings. The smallest absolute Gasteiger partial charge is 0.229 e. The standard InChI is InChI=1S/C14H19NO7.C7H14O.C5H10O/c1-7(17)15-8-2-4-9(5-3-8)21-14-13(20)12(19)11(18)10(6-16)22-14;1-2-7-5-3-4-6-8-7;1-2-4-6-5-3-1/h2-5,10-14,16,18-20H,6H2,1H3,(H,15,17);7H,2-6H2,1H3;1-5H2/t10-,11-,12?,13?,14?;;/m1../s1. The molecule has 3 saturated heterocycles. The van der Waals surface area contributed by atoms with Gasteiger partial charge < -0.3 is 44.7 Å². The summed E-state index contributed by atoms with van der Waals surface area (Å²) < 4.78 is 21.1. The lowest BCUT2D eigenvalue weighted by Crippen LogP contribution is -2.60. The lowest BCUT2D eigenvalue weighted by molar-refractivity contribution is -0.277. The second-order valence-electron chi connectivity index (χ2n) is 9.09. The van der Waals surface area contributed by atoms with Crippen molar-refractivity contribution in [2.45, 2.75) is 95.6 Å². The van der Waals surface area contributed by atoms with Crippen LogP contribution in [0, 0.1) is 0 Å². The monoisotopic (exact) mass is 513 g/mol. The number of rotatable bonds is 5. The van der Waals surface area contributed by atoms with Crippen molar-refractivity contribution >= 4 is 11.6 Å². The van der Waals surface area contributed by atoms with Crippen molar-refractivity contribution in [1.29, 1.82) is 0 Å². The van der Waals surface area contributed by atoms with Crippen LogP contribution in [0.5, 0.6) is 5.75 Å². The molecule has 6 atom stereocenters. The summed E-state index contributed by atoms with van der Waals surface area (Å²) in [6.07, 6.45) is 3.00. The minimum absolute atomic E-state index is 0.206. The summed E-state index contributed by atoms with van der Waals surface area (Å²) >= 11 is 0. The number of hydrogen-bond donors (Lipinski definition) is 5. The topological polar surface area (TPSA) is 147 Å². The van der Waals surface area contributed by atoms with E-state index in [4.69, 9.17) is 24.1 Å². The number of ether oxygens (including phenoxy) is 4. The molecule has 10 heteroatoms. The zero-order valence-electron chi connectivity index (χ0n) is 21.4. The van der Waals surface area contributed by atoms with E-state index in [-0.39, 0.29) is 5.91 Å². The molecule has 3 aliphatic rings. The Morgan fingerprint density at radius 1 is 0.972 bits per heavy atom. The second kappa shape index (κ2) is 16.9. The first-order valence-electron chi connectivity index (χ1n) is 12.9. The molecule has 4 rings (SSSR count). The van der Waals surface area contributed by atoms with E-state index >= 15 is 0 Å². The van der Waals surface area contributed by atoms with Crippen molar-refractivity contribution < 1.29 is 44.2 Å². The van der Waals surface area contributed by atoms with Crippen LogP contribution in [0.3, 0.4) is 0 Å². The Balaban J connectivity index is 0.000000263. The average Bonchev–Trinajstić information content (AvgIpc) is 2.92. The highest BCUT2D eigenvalue weighted by Gasteiger charge is 2.44. The molecule has 0 radical (unpaired) electrons. The van der Waals surface area contributed by atoms with Crippen LogP contribution >= 0.6 is 0 Å². The van der Waals surface area contributed by atoms with Gasteiger partial charge >= 0.3 is 0 Å². The van der Waals surface area contributed by atoms with Gasteiger partial charge in [0.2, 0.25) is 12.2 Å². The summed E-state index contributed by atoms with van der Waals surface area (Å²) in [5.74, 6) is 0.126. The van der Waals surface area contributed by atoms with Crippen molar-refractivity contribution in [2.75, 3.05) is 31.7 Å². The van der Waals surface area contributed by atoms with Crippen LogP contribution in [0.15, 0.2) is 24.3 Å². The van der Waals surface area contributed by atoms with E-state index < -0.39 is 37.3 Å². The van der Waals surface area contributed by atoms with Crippen LogP contribution in [0.1, 0.15) is 58.8 Å². The Morgan fingerprint density at radius 2 is 1.64 bits per heavy atom. The fourth-order valence-corrected chi connectivity index (χ4v) is 3.94. The van der Waals surface area contributed by atoms with Crippen LogP contribution in [0.4, 0.5) is 5.69 Å². The van der Waals surface area contributed by atoms with Crippen molar-refractivity contribution in [3.63, 3.8) is 0 Å². The van der Waals surface area contributed by atoms with Gasteiger partial charge in [-0.15, -0.1) is 0 Å². The van der Waals surface area contributed by atoms with Gasteiger partial charge in [-0.05, 0) is 69.2 Å². The number of carbonyl (C=O) groups excluding carboxylic acids is 1. The molecule has 1 amide bonds. The Kier molecular flexibility index (Phi) is 14.3. The van der Waals surface area contributed by atoms with Gasteiger partial charge in [0.25, 0.3) is 0 Å². The van der Waals surface area contributed by atoms with Crippen LogP contribution < -0.4 is 10.1 Å². The molecule has 3 fully saturated rings. The van der Waals surface area contributed by atoms with E-state index in [0.29, 0.717) is 17.5 Å². The fraction of sp³-hybridized carbons (Fsp3) is 0.731. The lowest BCUT2D eigenvalue weighted by atomic mass is 9.99. The number of nitrogens with one attached hydrogen (secondary N) is 1. The Labute approximate surface area is 213 Å². The molecule has 0 saturated carbocycles. The highest BCUT2D eigenvalue weighted by atomic mass is 16.7. The summed E-state index contributed by atoms with van der Waals surface area (Å²) in [5, 5.41) is 40.9. The molecule has 0 aromatic heterocycles. The van der Waals surface area contributed by atoms with E-state index in [9.17, 15) is 20.1 Å². The average molecular weight is 514 g/mol. The maximum atomic E-state index is 10.9. The van der Waals surface area contributed by atoms with Crippen molar-refractivity contribution in [1.82, 2.24) is 0 Å². The first-order valence-corrected chi connectivity index (χ1v) is 12.9. The third-order valence-corrected chi connectivity index (χ3v) is 6.08. The van der Waals surface area contributed by atoms with Gasteiger partial charge in [0, 0.05) is 32.4 Å². The van der Waals surface area contributed by atoms with Gasteiger partial charge in [0.15, 0.2) is 0 Å². The number of carbonyl (C=O) groups is 1. The molecule has 1 aromatic carbocycles. The van der Waals surface area contributed by atoms with Crippen LogP contribution in [0.2, 0.25) is 0 Å². The normalized spacial score (nSPS) is 30.1. The van der Waals surface area contributed by atoms with Crippen molar-refractivity contribution in [3.05, 3.63) is 24.3 Å². The highest BCUT2D eigenvalue weighted by Crippen LogP contribution is 2.25.